The predicted octanol–water partition coefficient (Wildman–Crippen LogP) is -0.731. The molecular weight excluding hydrogens is 358 g/mol. The largest absolute Gasteiger partial charge is 0.418 e. The SMILES string of the molecule is Cc1ncc(CONC(=O)C2CCC3CN2C(=O)N3OS(=O)(=O)O)[nH]1. The number of aromatic nitrogens is 2. The first-order valence-electron chi connectivity index (χ1n) is 7.43. The smallest absolute Gasteiger partial charge is 0.344 e. The topological polar surface area (TPSA) is 154 Å². The second kappa shape index (κ2) is 6.59. The van der Waals surface area contributed by atoms with Crippen LogP contribution in [-0.2, 0) is 30.9 Å². The molecule has 1 aromatic rings. The summed E-state index contributed by atoms with van der Waals surface area (Å²) in [5.41, 5.74) is 2.94. The van der Waals surface area contributed by atoms with Gasteiger partial charge in [-0.2, -0.15) is 13.5 Å². The van der Waals surface area contributed by atoms with Gasteiger partial charge in [-0.25, -0.2) is 15.3 Å². The first kappa shape index (κ1) is 17.6. The number of urea groups is 1. The van der Waals surface area contributed by atoms with E-state index in [9.17, 15) is 18.0 Å². The van der Waals surface area contributed by atoms with Gasteiger partial charge in [0.1, 0.15) is 18.5 Å². The second-order valence-corrected chi connectivity index (χ2v) is 6.76. The molecule has 0 radical (unpaired) electrons. The van der Waals surface area contributed by atoms with Crippen LogP contribution in [0.3, 0.4) is 0 Å². The van der Waals surface area contributed by atoms with Gasteiger partial charge in [-0.15, -0.1) is 4.28 Å². The van der Waals surface area contributed by atoms with E-state index in [0.717, 1.165) is 0 Å². The summed E-state index contributed by atoms with van der Waals surface area (Å²) in [7, 11) is -4.82. The van der Waals surface area contributed by atoms with Crippen molar-refractivity contribution in [3.05, 3.63) is 17.7 Å². The molecule has 2 atom stereocenters. The molecule has 1 aromatic heterocycles. The maximum atomic E-state index is 12.2. The number of amides is 3. The van der Waals surface area contributed by atoms with Crippen LogP contribution in [-0.4, -0.2) is 63.5 Å². The van der Waals surface area contributed by atoms with E-state index < -0.39 is 34.4 Å². The molecule has 2 bridgehead atoms. The molecule has 2 unspecified atom stereocenters. The lowest BCUT2D eigenvalue weighted by Gasteiger charge is -2.28. The summed E-state index contributed by atoms with van der Waals surface area (Å²) < 4.78 is 34.7. The van der Waals surface area contributed by atoms with Crippen molar-refractivity contribution in [1.29, 1.82) is 0 Å². The lowest BCUT2D eigenvalue weighted by Crippen LogP contribution is -2.49. The molecule has 0 spiro atoms. The van der Waals surface area contributed by atoms with E-state index in [-0.39, 0.29) is 13.2 Å². The number of hydrogen-bond donors (Lipinski definition) is 3. The van der Waals surface area contributed by atoms with E-state index in [0.29, 0.717) is 29.4 Å². The molecule has 25 heavy (non-hydrogen) atoms. The maximum absolute atomic E-state index is 12.2. The summed E-state index contributed by atoms with van der Waals surface area (Å²) in [6.45, 7) is 1.97. The summed E-state index contributed by atoms with van der Waals surface area (Å²) >= 11 is 0. The van der Waals surface area contributed by atoms with Gasteiger partial charge in [-0.1, -0.05) is 0 Å². The molecule has 0 aliphatic carbocycles. The Hall–Kier alpha value is -2.22. The van der Waals surface area contributed by atoms with Crippen LogP contribution in [0.15, 0.2) is 6.20 Å². The van der Waals surface area contributed by atoms with Crippen molar-refractivity contribution in [1.82, 2.24) is 25.4 Å². The van der Waals surface area contributed by atoms with Gasteiger partial charge in [0.05, 0.1) is 17.9 Å². The van der Waals surface area contributed by atoms with Gasteiger partial charge >= 0.3 is 16.4 Å². The van der Waals surface area contributed by atoms with Crippen molar-refractivity contribution < 1.29 is 31.7 Å². The standard InChI is InChI=1S/C12H17N5O7S/c1-7-13-4-8(14-7)6-23-15-11(18)10-3-2-9-5-16(10)12(19)17(9)24-25(20,21)22/h4,9-10H,2-3,5-6H2,1H3,(H,13,14)(H,15,18)(H,20,21,22). The average Bonchev–Trinajstić information content (AvgIpc) is 3.04. The van der Waals surface area contributed by atoms with Crippen LogP contribution in [0.1, 0.15) is 24.4 Å². The third kappa shape index (κ3) is 3.89. The van der Waals surface area contributed by atoms with Gasteiger partial charge in [0.15, 0.2) is 0 Å². The number of hydroxylamine groups is 3. The molecule has 3 rings (SSSR count). The fraction of sp³-hybridized carbons (Fsp3) is 0.583. The van der Waals surface area contributed by atoms with E-state index in [1.54, 1.807) is 13.1 Å². The first-order chi connectivity index (χ1) is 11.7. The summed E-state index contributed by atoms with van der Waals surface area (Å²) in [5, 5.41) is 0.580. The fourth-order valence-electron chi connectivity index (χ4n) is 2.90. The van der Waals surface area contributed by atoms with Gasteiger partial charge in [0, 0.05) is 6.54 Å². The number of fused-ring (bicyclic) bond motifs is 2. The number of H-pyrrole nitrogens is 1. The molecule has 12 nitrogen and oxygen atoms in total. The van der Waals surface area contributed by atoms with Crippen molar-refractivity contribution in [3.8, 4) is 0 Å². The number of nitrogens with one attached hydrogen (secondary N) is 2. The van der Waals surface area contributed by atoms with Crippen molar-refractivity contribution in [2.24, 2.45) is 0 Å². The Morgan fingerprint density at radius 1 is 1.52 bits per heavy atom. The van der Waals surface area contributed by atoms with Crippen LogP contribution in [0, 0.1) is 6.92 Å². The minimum absolute atomic E-state index is 0.0772. The Balaban J connectivity index is 1.56. The molecule has 2 aliphatic rings. The molecule has 0 saturated carbocycles. The van der Waals surface area contributed by atoms with E-state index in [2.05, 4.69) is 19.7 Å². The van der Waals surface area contributed by atoms with Gasteiger partial charge < -0.3 is 9.88 Å². The highest BCUT2D eigenvalue weighted by Crippen LogP contribution is 2.30. The van der Waals surface area contributed by atoms with Gasteiger partial charge in [-0.3, -0.25) is 14.2 Å². The van der Waals surface area contributed by atoms with E-state index in [4.69, 9.17) is 9.39 Å². The Morgan fingerprint density at radius 3 is 2.92 bits per heavy atom. The van der Waals surface area contributed by atoms with Crippen LogP contribution in [0.25, 0.3) is 0 Å². The molecule has 2 saturated heterocycles. The molecule has 3 heterocycles. The zero-order chi connectivity index (χ0) is 18.2. The van der Waals surface area contributed by atoms with Gasteiger partial charge in [-0.05, 0) is 19.8 Å². The Morgan fingerprint density at radius 2 is 2.28 bits per heavy atom. The molecular formula is C12H17N5O7S. The highest BCUT2D eigenvalue weighted by molar-refractivity contribution is 7.80. The Bertz CT molecular complexity index is 779. The molecule has 13 heteroatoms. The number of carbonyl (C=O) groups is 2. The summed E-state index contributed by atoms with van der Waals surface area (Å²) in [6.07, 6.45) is 2.22. The number of rotatable bonds is 6. The van der Waals surface area contributed by atoms with Crippen molar-refractivity contribution in [2.75, 3.05) is 6.54 Å². The zero-order valence-electron chi connectivity index (χ0n) is 13.2. The minimum Gasteiger partial charge on any atom is -0.344 e. The Kier molecular flexibility index (Phi) is 4.64. The number of nitrogens with zero attached hydrogens (tertiary/aromatic N) is 3. The minimum atomic E-state index is -4.82. The summed E-state index contributed by atoms with van der Waals surface area (Å²) in [4.78, 5) is 37.6. The van der Waals surface area contributed by atoms with Crippen LogP contribution in [0.5, 0.6) is 0 Å². The van der Waals surface area contributed by atoms with Crippen molar-refractivity contribution in [3.63, 3.8) is 0 Å². The molecule has 2 aliphatic heterocycles. The molecule has 138 valence electrons. The van der Waals surface area contributed by atoms with Crippen LogP contribution in [0.2, 0.25) is 0 Å². The zero-order valence-corrected chi connectivity index (χ0v) is 14.0. The number of imidazole rings is 1. The number of carbonyl (C=O) groups excluding carboxylic acids is 2. The highest BCUT2D eigenvalue weighted by Gasteiger charge is 2.49. The lowest BCUT2D eigenvalue weighted by atomic mass is 10.0. The van der Waals surface area contributed by atoms with Crippen molar-refractivity contribution in [2.45, 2.75) is 38.5 Å². The highest BCUT2D eigenvalue weighted by atomic mass is 32.3. The van der Waals surface area contributed by atoms with Crippen LogP contribution >= 0.6 is 0 Å². The van der Waals surface area contributed by atoms with Crippen LogP contribution < -0.4 is 5.48 Å². The molecule has 2 fully saturated rings. The monoisotopic (exact) mass is 375 g/mol. The number of aromatic amines is 1. The van der Waals surface area contributed by atoms with E-state index in [1.807, 2.05) is 0 Å². The average molecular weight is 375 g/mol. The Labute approximate surface area is 142 Å². The maximum Gasteiger partial charge on any atom is 0.418 e. The number of piperidine rings is 1. The molecule has 0 aromatic carbocycles. The third-order valence-electron chi connectivity index (χ3n) is 3.96. The molecule has 3 amide bonds. The van der Waals surface area contributed by atoms with E-state index >= 15 is 0 Å². The van der Waals surface area contributed by atoms with Crippen LogP contribution in [0.4, 0.5) is 4.79 Å². The quantitative estimate of drug-likeness (QED) is 0.434. The van der Waals surface area contributed by atoms with Crippen molar-refractivity contribution >= 4 is 22.3 Å². The summed E-state index contributed by atoms with van der Waals surface area (Å²) in [5.74, 6) is 0.182. The number of aryl methyl sites for hydroxylation is 1. The second-order valence-electron chi connectivity index (χ2n) is 5.76. The lowest BCUT2D eigenvalue weighted by molar-refractivity contribution is -0.140. The van der Waals surface area contributed by atoms with Gasteiger partial charge in [0.25, 0.3) is 5.91 Å². The van der Waals surface area contributed by atoms with Gasteiger partial charge in [0.2, 0.25) is 0 Å². The first-order valence-corrected chi connectivity index (χ1v) is 8.80. The fourth-order valence-corrected chi connectivity index (χ4v) is 3.29. The third-order valence-corrected chi connectivity index (χ3v) is 4.30. The number of hydrogen-bond acceptors (Lipinski definition) is 7. The molecule has 3 N–H and O–H groups in total. The van der Waals surface area contributed by atoms with E-state index in [1.165, 1.54) is 4.90 Å². The normalized spacial score (nSPS) is 23.2. The summed E-state index contributed by atoms with van der Waals surface area (Å²) in [6, 6.07) is -2.17. The predicted molar refractivity (Wildman–Crippen MR) is 79.6 cm³/mol.